The Kier molecular flexibility index (Phi) is 6.17. The molecule has 2 fully saturated rings. The highest BCUT2D eigenvalue weighted by Gasteiger charge is 2.44. The SMILES string of the molecule is CC(C)(C)OC(=O)N1CC(c2nn(CC(=O)N3CCO[C@@H](C(F)(F)F)C3)c3cncc(F)c23)C1. The monoisotopic (exact) mass is 487 g/mol. The number of morpholine rings is 1. The van der Waals surface area contributed by atoms with Crippen molar-refractivity contribution < 1.29 is 36.6 Å². The van der Waals surface area contributed by atoms with Crippen molar-refractivity contribution in [3.63, 3.8) is 0 Å². The molecule has 186 valence electrons. The first-order valence-corrected chi connectivity index (χ1v) is 10.8. The zero-order valence-corrected chi connectivity index (χ0v) is 18.9. The topological polar surface area (TPSA) is 89.8 Å². The summed E-state index contributed by atoms with van der Waals surface area (Å²) in [4.78, 5) is 31.3. The first kappa shape index (κ1) is 24.2. The van der Waals surface area contributed by atoms with Crippen LogP contribution in [0.5, 0.6) is 0 Å². The molecule has 0 spiro atoms. The van der Waals surface area contributed by atoms with Crippen LogP contribution in [0.4, 0.5) is 22.4 Å². The van der Waals surface area contributed by atoms with Crippen molar-refractivity contribution in [3.8, 4) is 0 Å². The average Bonchev–Trinajstić information content (AvgIpc) is 3.04. The van der Waals surface area contributed by atoms with Gasteiger partial charge in [-0.3, -0.25) is 14.5 Å². The fraction of sp³-hybridized carbons (Fsp3) is 0.619. The third-order valence-corrected chi connectivity index (χ3v) is 5.63. The number of amides is 2. The summed E-state index contributed by atoms with van der Waals surface area (Å²) in [6.45, 7) is 4.55. The molecule has 4 rings (SSSR count). The van der Waals surface area contributed by atoms with Crippen molar-refractivity contribution in [1.29, 1.82) is 0 Å². The van der Waals surface area contributed by atoms with Gasteiger partial charge in [0.1, 0.15) is 12.1 Å². The summed E-state index contributed by atoms with van der Waals surface area (Å²) >= 11 is 0. The molecule has 0 aliphatic carbocycles. The van der Waals surface area contributed by atoms with E-state index >= 15 is 0 Å². The van der Waals surface area contributed by atoms with Crippen LogP contribution in [0.15, 0.2) is 12.4 Å². The lowest BCUT2D eigenvalue weighted by Gasteiger charge is -2.39. The van der Waals surface area contributed by atoms with E-state index < -0.39 is 42.2 Å². The van der Waals surface area contributed by atoms with Gasteiger partial charge in [0.2, 0.25) is 5.91 Å². The molecule has 0 bridgehead atoms. The smallest absolute Gasteiger partial charge is 0.416 e. The minimum Gasteiger partial charge on any atom is -0.444 e. The molecule has 1 atom stereocenters. The number of ether oxygens (including phenoxy) is 2. The van der Waals surface area contributed by atoms with E-state index in [9.17, 15) is 27.2 Å². The van der Waals surface area contributed by atoms with Crippen LogP contribution in [0.1, 0.15) is 32.4 Å². The van der Waals surface area contributed by atoms with E-state index in [1.54, 1.807) is 20.8 Å². The zero-order chi connectivity index (χ0) is 24.8. The van der Waals surface area contributed by atoms with Crippen LogP contribution >= 0.6 is 0 Å². The zero-order valence-electron chi connectivity index (χ0n) is 18.9. The highest BCUT2D eigenvalue weighted by Crippen LogP contribution is 2.34. The van der Waals surface area contributed by atoms with Gasteiger partial charge in [0, 0.05) is 25.6 Å². The van der Waals surface area contributed by atoms with Crippen molar-refractivity contribution in [2.75, 3.05) is 32.8 Å². The molecular formula is C21H25F4N5O4. The van der Waals surface area contributed by atoms with Crippen LogP contribution < -0.4 is 0 Å². The van der Waals surface area contributed by atoms with Crippen LogP contribution in [-0.2, 0) is 20.8 Å². The molecule has 2 saturated heterocycles. The van der Waals surface area contributed by atoms with E-state index in [0.29, 0.717) is 5.69 Å². The third-order valence-electron chi connectivity index (χ3n) is 5.63. The standard InChI is InChI=1S/C21H25F4N5O4/c1-20(2,3)34-19(32)29-8-12(9-29)18-17-13(22)6-26-7-14(17)30(27-18)11-16(31)28-4-5-33-15(10-28)21(23,24)25/h6-7,12,15H,4-5,8-11H2,1-3H3/t15-/m1/s1. The van der Waals surface area contributed by atoms with E-state index in [-0.39, 0.29) is 49.6 Å². The molecule has 34 heavy (non-hydrogen) atoms. The summed E-state index contributed by atoms with van der Waals surface area (Å²) in [5, 5.41) is 4.57. The van der Waals surface area contributed by atoms with E-state index in [2.05, 4.69) is 10.1 Å². The maximum Gasteiger partial charge on any atom is 0.416 e. The highest BCUT2D eigenvalue weighted by molar-refractivity contribution is 5.85. The molecular weight excluding hydrogens is 462 g/mol. The Balaban J connectivity index is 1.51. The van der Waals surface area contributed by atoms with Gasteiger partial charge in [0.25, 0.3) is 0 Å². The molecule has 2 aromatic rings. The first-order chi connectivity index (χ1) is 15.8. The fourth-order valence-electron chi connectivity index (χ4n) is 3.94. The van der Waals surface area contributed by atoms with Crippen LogP contribution in [0.2, 0.25) is 0 Å². The summed E-state index contributed by atoms with van der Waals surface area (Å²) in [5.41, 5.74) is -0.0449. The van der Waals surface area contributed by atoms with Crippen LogP contribution in [0.3, 0.4) is 0 Å². The number of carbonyl (C=O) groups is 2. The summed E-state index contributed by atoms with van der Waals surface area (Å²) in [6.07, 6.45) is -4.74. The number of rotatable bonds is 3. The lowest BCUT2D eigenvalue weighted by atomic mass is 9.94. The maximum atomic E-state index is 14.7. The molecule has 0 N–H and O–H groups in total. The fourth-order valence-corrected chi connectivity index (χ4v) is 3.94. The quantitative estimate of drug-likeness (QED) is 0.619. The number of nitrogens with zero attached hydrogens (tertiary/aromatic N) is 5. The molecule has 0 aromatic carbocycles. The van der Waals surface area contributed by atoms with Crippen LogP contribution in [-0.4, -0.2) is 87.2 Å². The molecule has 0 radical (unpaired) electrons. The first-order valence-electron chi connectivity index (χ1n) is 10.8. The highest BCUT2D eigenvalue weighted by atomic mass is 19.4. The van der Waals surface area contributed by atoms with Crippen molar-refractivity contribution in [1.82, 2.24) is 24.6 Å². The Morgan fingerprint density at radius 2 is 1.85 bits per heavy atom. The van der Waals surface area contributed by atoms with Gasteiger partial charge in [-0.25, -0.2) is 9.18 Å². The Morgan fingerprint density at radius 3 is 2.50 bits per heavy atom. The van der Waals surface area contributed by atoms with Crippen LogP contribution in [0.25, 0.3) is 10.9 Å². The van der Waals surface area contributed by atoms with Crippen molar-refractivity contribution in [3.05, 3.63) is 23.9 Å². The minimum atomic E-state index is -4.58. The van der Waals surface area contributed by atoms with Crippen molar-refractivity contribution >= 4 is 22.9 Å². The molecule has 4 heterocycles. The number of likely N-dealkylation sites (tertiary alicyclic amines) is 1. The number of aromatic nitrogens is 3. The number of carbonyl (C=O) groups excluding carboxylic acids is 2. The predicted octanol–water partition coefficient (Wildman–Crippen LogP) is 2.69. The normalized spacial score (nSPS) is 19.9. The molecule has 0 saturated carbocycles. The number of pyridine rings is 1. The van der Waals surface area contributed by atoms with E-state index in [1.807, 2.05) is 0 Å². The second-order valence-electron chi connectivity index (χ2n) is 9.38. The summed E-state index contributed by atoms with van der Waals surface area (Å²) in [7, 11) is 0. The molecule has 2 amide bonds. The number of hydrogen-bond acceptors (Lipinski definition) is 6. The van der Waals surface area contributed by atoms with Gasteiger partial charge in [-0.05, 0) is 20.8 Å². The predicted molar refractivity (Wildman–Crippen MR) is 110 cm³/mol. The lowest BCUT2D eigenvalue weighted by molar-refractivity contribution is -0.236. The van der Waals surface area contributed by atoms with E-state index in [4.69, 9.17) is 9.47 Å². The van der Waals surface area contributed by atoms with Gasteiger partial charge in [-0.15, -0.1) is 0 Å². The summed E-state index contributed by atoms with van der Waals surface area (Å²) in [5.74, 6) is -1.52. The molecule has 13 heteroatoms. The number of fused-ring (bicyclic) bond motifs is 1. The van der Waals surface area contributed by atoms with Crippen molar-refractivity contribution in [2.45, 2.75) is 51.1 Å². The van der Waals surface area contributed by atoms with Crippen LogP contribution in [0, 0.1) is 5.82 Å². The Morgan fingerprint density at radius 1 is 1.15 bits per heavy atom. The lowest BCUT2D eigenvalue weighted by Crippen LogP contribution is -2.51. The minimum absolute atomic E-state index is 0.0115. The van der Waals surface area contributed by atoms with Gasteiger partial charge in [-0.1, -0.05) is 0 Å². The Hall–Kier alpha value is -2.96. The second-order valence-corrected chi connectivity index (χ2v) is 9.38. The van der Waals surface area contributed by atoms with E-state index in [0.717, 1.165) is 11.1 Å². The van der Waals surface area contributed by atoms with E-state index in [1.165, 1.54) is 15.8 Å². The largest absolute Gasteiger partial charge is 0.444 e. The molecule has 2 aromatic heterocycles. The summed E-state index contributed by atoms with van der Waals surface area (Å²) in [6, 6.07) is 0. The number of alkyl halides is 3. The Bertz CT molecular complexity index is 1090. The molecule has 0 unspecified atom stereocenters. The van der Waals surface area contributed by atoms with Crippen molar-refractivity contribution in [2.24, 2.45) is 0 Å². The third kappa shape index (κ3) is 4.93. The Labute approximate surface area is 192 Å². The van der Waals surface area contributed by atoms with Gasteiger partial charge < -0.3 is 19.3 Å². The van der Waals surface area contributed by atoms with Gasteiger partial charge in [-0.2, -0.15) is 18.3 Å². The number of hydrogen-bond donors (Lipinski definition) is 0. The van der Waals surface area contributed by atoms with Gasteiger partial charge in [0.15, 0.2) is 11.9 Å². The maximum absolute atomic E-state index is 14.7. The molecule has 2 aliphatic rings. The van der Waals surface area contributed by atoms with Gasteiger partial charge >= 0.3 is 12.3 Å². The second kappa shape index (κ2) is 8.67. The number of halogens is 4. The van der Waals surface area contributed by atoms with Gasteiger partial charge in [0.05, 0.1) is 42.1 Å². The average molecular weight is 487 g/mol. The molecule has 9 nitrogen and oxygen atoms in total. The molecule has 2 aliphatic heterocycles. The summed E-state index contributed by atoms with van der Waals surface area (Å²) < 4.78 is 65.0.